The Labute approximate surface area is 149 Å². The molecular formula is C19H24N2O3S. The molecule has 0 spiro atoms. The van der Waals surface area contributed by atoms with Gasteiger partial charge in [0, 0.05) is 24.8 Å². The lowest BCUT2D eigenvalue weighted by Gasteiger charge is -2.27. The summed E-state index contributed by atoms with van der Waals surface area (Å²) in [5.41, 5.74) is 1.95. The lowest BCUT2D eigenvalue weighted by atomic mass is 10.2. The van der Waals surface area contributed by atoms with Gasteiger partial charge in [-0.15, -0.1) is 0 Å². The van der Waals surface area contributed by atoms with Gasteiger partial charge in [0.1, 0.15) is 5.75 Å². The average Bonchev–Trinajstić information content (AvgIpc) is 3.09. The summed E-state index contributed by atoms with van der Waals surface area (Å²) >= 11 is 0. The first kappa shape index (κ1) is 17.8. The van der Waals surface area contributed by atoms with Crippen LogP contribution in [0.1, 0.15) is 18.4 Å². The molecule has 1 saturated heterocycles. The maximum Gasteiger partial charge on any atom is 0.240 e. The predicted molar refractivity (Wildman–Crippen MR) is 99.7 cm³/mol. The van der Waals surface area contributed by atoms with Crippen LogP contribution in [-0.4, -0.2) is 34.7 Å². The highest BCUT2D eigenvalue weighted by molar-refractivity contribution is 7.89. The fourth-order valence-electron chi connectivity index (χ4n) is 3.31. The van der Waals surface area contributed by atoms with Crippen LogP contribution in [-0.2, 0) is 10.0 Å². The molecule has 2 aromatic carbocycles. The smallest absolute Gasteiger partial charge is 0.240 e. The quantitative estimate of drug-likeness (QED) is 0.860. The number of hydrogen-bond acceptors (Lipinski definition) is 4. The van der Waals surface area contributed by atoms with Crippen molar-refractivity contribution in [2.75, 3.05) is 25.1 Å². The second-order valence-corrected chi connectivity index (χ2v) is 8.08. The Hall–Kier alpha value is -2.05. The Balaban J connectivity index is 1.70. The third-order valence-electron chi connectivity index (χ3n) is 4.65. The number of anilines is 1. The molecule has 1 fully saturated rings. The number of nitrogens with zero attached hydrogens (tertiary/aromatic N) is 1. The minimum absolute atomic E-state index is 0.177. The summed E-state index contributed by atoms with van der Waals surface area (Å²) in [7, 11) is -1.96. The third kappa shape index (κ3) is 3.96. The molecule has 1 aliphatic heterocycles. The summed E-state index contributed by atoms with van der Waals surface area (Å²) in [6, 6.07) is 15.2. The molecule has 1 N–H and O–H groups in total. The number of benzene rings is 2. The lowest BCUT2D eigenvalue weighted by molar-refractivity contribution is 0.411. The number of rotatable bonds is 6. The fraction of sp³-hybridized carbons (Fsp3) is 0.368. The van der Waals surface area contributed by atoms with Gasteiger partial charge in [0.2, 0.25) is 10.0 Å². The van der Waals surface area contributed by atoms with Gasteiger partial charge in [0.25, 0.3) is 0 Å². The molecule has 1 aliphatic rings. The van der Waals surface area contributed by atoms with E-state index in [0.717, 1.165) is 30.6 Å². The van der Waals surface area contributed by atoms with Crippen molar-refractivity contribution in [3.63, 3.8) is 0 Å². The number of sulfonamides is 1. The minimum atomic E-state index is -3.53. The van der Waals surface area contributed by atoms with Crippen molar-refractivity contribution in [1.29, 1.82) is 0 Å². The average molecular weight is 360 g/mol. The van der Waals surface area contributed by atoms with Crippen LogP contribution in [0.2, 0.25) is 0 Å². The van der Waals surface area contributed by atoms with Gasteiger partial charge in [-0.3, -0.25) is 0 Å². The van der Waals surface area contributed by atoms with Gasteiger partial charge in [-0.05, 0) is 55.7 Å². The molecule has 0 amide bonds. The molecule has 0 radical (unpaired) electrons. The van der Waals surface area contributed by atoms with Crippen molar-refractivity contribution in [2.24, 2.45) is 0 Å². The standard InChI is InChI=1S/C19H24N2O3S/c1-15-13-18(10-11-19(15)24-2)25(22,23)20-14-17-9-6-12-21(17)16-7-4-3-5-8-16/h3-5,7-8,10-11,13,17,20H,6,9,12,14H2,1-2H3. The van der Waals surface area contributed by atoms with E-state index in [1.807, 2.05) is 25.1 Å². The highest BCUT2D eigenvalue weighted by Gasteiger charge is 2.26. The summed E-state index contributed by atoms with van der Waals surface area (Å²) in [6.07, 6.45) is 2.06. The van der Waals surface area contributed by atoms with E-state index in [9.17, 15) is 8.42 Å². The number of para-hydroxylation sites is 1. The second-order valence-electron chi connectivity index (χ2n) is 6.31. The van der Waals surface area contributed by atoms with Gasteiger partial charge in [0.15, 0.2) is 0 Å². The highest BCUT2D eigenvalue weighted by atomic mass is 32.2. The first-order valence-electron chi connectivity index (χ1n) is 8.47. The van der Waals surface area contributed by atoms with E-state index in [-0.39, 0.29) is 10.9 Å². The van der Waals surface area contributed by atoms with E-state index in [4.69, 9.17) is 4.74 Å². The first-order chi connectivity index (χ1) is 12.0. The van der Waals surface area contributed by atoms with Crippen molar-refractivity contribution in [1.82, 2.24) is 4.72 Å². The molecule has 1 heterocycles. The van der Waals surface area contributed by atoms with Gasteiger partial charge in [-0.25, -0.2) is 13.1 Å². The fourth-order valence-corrected chi connectivity index (χ4v) is 4.47. The van der Waals surface area contributed by atoms with Crippen molar-refractivity contribution in [2.45, 2.75) is 30.7 Å². The Morgan fingerprint density at radius 3 is 2.64 bits per heavy atom. The molecule has 25 heavy (non-hydrogen) atoms. The number of ether oxygens (including phenoxy) is 1. The van der Waals surface area contributed by atoms with E-state index in [1.54, 1.807) is 25.3 Å². The largest absolute Gasteiger partial charge is 0.496 e. The summed E-state index contributed by atoms with van der Waals surface area (Å²) in [5.74, 6) is 0.685. The first-order valence-corrected chi connectivity index (χ1v) is 9.95. The monoisotopic (exact) mass is 360 g/mol. The Morgan fingerprint density at radius 2 is 1.96 bits per heavy atom. The molecule has 1 atom stereocenters. The van der Waals surface area contributed by atoms with Crippen molar-refractivity contribution >= 4 is 15.7 Å². The van der Waals surface area contributed by atoms with Crippen LogP contribution in [0.4, 0.5) is 5.69 Å². The number of nitrogens with one attached hydrogen (secondary N) is 1. The summed E-state index contributed by atoms with van der Waals surface area (Å²) in [6.45, 7) is 3.20. The van der Waals surface area contributed by atoms with Gasteiger partial charge in [-0.2, -0.15) is 0 Å². The zero-order chi connectivity index (χ0) is 17.9. The maximum atomic E-state index is 12.6. The summed E-state index contributed by atoms with van der Waals surface area (Å²) < 4.78 is 33.2. The molecule has 3 rings (SSSR count). The van der Waals surface area contributed by atoms with E-state index >= 15 is 0 Å². The molecule has 2 aromatic rings. The lowest BCUT2D eigenvalue weighted by Crippen LogP contribution is -2.40. The Kier molecular flexibility index (Phi) is 5.30. The van der Waals surface area contributed by atoms with Crippen LogP contribution in [0, 0.1) is 6.92 Å². The summed E-state index contributed by atoms with van der Waals surface area (Å²) in [4.78, 5) is 2.55. The molecule has 6 heteroatoms. The molecule has 1 unspecified atom stereocenters. The van der Waals surface area contributed by atoms with Crippen LogP contribution in [0.15, 0.2) is 53.4 Å². The highest BCUT2D eigenvalue weighted by Crippen LogP contribution is 2.25. The molecule has 0 aromatic heterocycles. The van der Waals surface area contributed by atoms with Crippen LogP contribution in [0.3, 0.4) is 0 Å². The van der Waals surface area contributed by atoms with Crippen LogP contribution in [0.5, 0.6) is 5.75 Å². The van der Waals surface area contributed by atoms with Crippen LogP contribution >= 0.6 is 0 Å². The van der Waals surface area contributed by atoms with E-state index in [1.165, 1.54) is 0 Å². The molecule has 134 valence electrons. The molecule has 0 aliphatic carbocycles. The number of methoxy groups -OCH3 is 1. The SMILES string of the molecule is COc1ccc(S(=O)(=O)NCC2CCCN2c2ccccc2)cc1C. The molecule has 0 saturated carbocycles. The minimum Gasteiger partial charge on any atom is -0.496 e. The Morgan fingerprint density at radius 1 is 1.20 bits per heavy atom. The third-order valence-corrected chi connectivity index (χ3v) is 6.07. The van der Waals surface area contributed by atoms with Crippen molar-refractivity contribution < 1.29 is 13.2 Å². The Bertz CT molecular complexity index is 822. The van der Waals surface area contributed by atoms with Gasteiger partial charge >= 0.3 is 0 Å². The topological polar surface area (TPSA) is 58.6 Å². The zero-order valence-electron chi connectivity index (χ0n) is 14.6. The van der Waals surface area contributed by atoms with E-state index < -0.39 is 10.0 Å². The van der Waals surface area contributed by atoms with Crippen LogP contribution in [0.25, 0.3) is 0 Å². The van der Waals surface area contributed by atoms with Crippen molar-refractivity contribution in [3.05, 3.63) is 54.1 Å². The van der Waals surface area contributed by atoms with E-state index in [0.29, 0.717) is 12.3 Å². The summed E-state index contributed by atoms with van der Waals surface area (Å²) in [5, 5.41) is 0. The molecular weight excluding hydrogens is 336 g/mol. The predicted octanol–water partition coefficient (Wildman–Crippen LogP) is 2.95. The molecule has 5 nitrogen and oxygen atoms in total. The normalized spacial score (nSPS) is 17.7. The van der Waals surface area contributed by atoms with Gasteiger partial charge in [-0.1, -0.05) is 18.2 Å². The second kappa shape index (κ2) is 7.45. The van der Waals surface area contributed by atoms with E-state index in [2.05, 4.69) is 21.8 Å². The zero-order valence-corrected chi connectivity index (χ0v) is 15.4. The van der Waals surface area contributed by atoms with Crippen LogP contribution < -0.4 is 14.4 Å². The molecule has 0 bridgehead atoms. The number of aryl methyl sites for hydroxylation is 1. The number of hydrogen-bond donors (Lipinski definition) is 1. The van der Waals surface area contributed by atoms with Crippen molar-refractivity contribution in [3.8, 4) is 5.75 Å². The maximum absolute atomic E-state index is 12.6. The van der Waals surface area contributed by atoms with Gasteiger partial charge < -0.3 is 9.64 Å². The van der Waals surface area contributed by atoms with Gasteiger partial charge in [0.05, 0.1) is 12.0 Å².